The third-order valence-electron chi connectivity index (χ3n) is 4.60. The van der Waals surface area contributed by atoms with E-state index in [4.69, 9.17) is 9.47 Å². The Morgan fingerprint density at radius 1 is 1.07 bits per heavy atom. The van der Waals surface area contributed by atoms with Crippen molar-refractivity contribution >= 4 is 40.9 Å². The Kier molecular flexibility index (Phi) is 7.48. The second-order valence-corrected chi connectivity index (χ2v) is 8.18. The monoisotopic (exact) mass is 428 g/mol. The fourth-order valence-electron chi connectivity index (χ4n) is 3.00. The molecule has 0 saturated carbocycles. The van der Waals surface area contributed by atoms with Crippen molar-refractivity contribution in [2.75, 3.05) is 24.4 Å². The molecule has 1 heterocycles. The summed E-state index contributed by atoms with van der Waals surface area (Å²) in [5, 5.41) is 5.23. The maximum atomic E-state index is 12.8. The summed E-state index contributed by atoms with van der Waals surface area (Å²) in [6.45, 7) is 2.34. The number of nitrogens with one attached hydrogen (secondary N) is 2. The van der Waals surface area contributed by atoms with Crippen LogP contribution >= 0.6 is 11.8 Å². The van der Waals surface area contributed by atoms with Crippen molar-refractivity contribution in [3.8, 4) is 0 Å². The fraction of sp³-hybridized carbons (Fsp3) is 0.318. The highest BCUT2D eigenvalue weighted by atomic mass is 32.2. The standard InChI is InChI=1S/C22H24N2O5S/c1-14(22(27)28-2)30-19-8-4-3-6-17(19)20(25)23-15-9-11-16(12-10-15)24-21(26)18-7-5-13-29-18/h3-4,6,8-12,14,18H,5,7,13H2,1-2H3,(H,23,25)(H,24,26)/t14-,18-/m1/s1. The lowest BCUT2D eigenvalue weighted by molar-refractivity contribution is -0.139. The van der Waals surface area contributed by atoms with Crippen LogP contribution in [0.2, 0.25) is 0 Å². The van der Waals surface area contributed by atoms with E-state index in [0.717, 1.165) is 12.8 Å². The van der Waals surface area contributed by atoms with E-state index in [1.807, 2.05) is 6.07 Å². The molecule has 7 nitrogen and oxygen atoms in total. The Labute approximate surface area is 179 Å². The van der Waals surface area contributed by atoms with Gasteiger partial charge in [-0.3, -0.25) is 14.4 Å². The molecule has 3 rings (SSSR count). The van der Waals surface area contributed by atoms with Crippen molar-refractivity contribution in [1.82, 2.24) is 0 Å². The molecule has 1 fully saturated rings. The topological polar surface area (TPSA) is 93.7 Å². The van der Waals surface area contributed by atoms with Crippen LogP contribution in [0.4, 0.5) is 11.4 Å². The fourth-order valence-corrected chi connectivity index (χ4v) is 4.02. The van der Waals surface area contributed by atoms with E-state index >= 15 is 0 Å². The van der Waals surface area contributed by atoms with Gasteiger partial charge in [0.25, 0.3) is 11.8 Å². The van der Waals surface area contributed by atoms with Crippen molar-refractivity contribution in [3.05, 3.63) is 54.1 Å². The number of carbonyl (C=O) groups excluding carboxylic acids is 3. The smallest absolute Gasteiger partial charge is 0.318 e. The molecule has 1 saturated heterocycles. The van der Waals surface area contributed by atoms with Gasteiger partial charge in [-0.2, -0.15) is 0 Å². The van der Waals surface area contributed by atoms with Crippen LogP contribution in [-0.2, 0) is 19.1 Å². The minimum atomic E-state index is -0.435. The molecule has 2 aromatic rings. The third-order valence-corrected chi connectivity index (χ3v) is 5.76. The Morgan fingerprint density at radius 3 is 2.37 bits per heavy atom. The number of rotatable bonds is 7. The maximum Gasteiger partial charge on any atom is 0.318 e. The van der Waals surface area contributed by atoms with Gasteiger partial charge in [-0.15, -0.1) is 11.8 Å². The Balaban J connectivity index is 1.63. The second-order valence-electron chi connectivity index (χ2n) is 6.80. The molecule has 2 N–H and O–H groups in total. The summed E-state index contributed by atoms with van der Waals surface area (Å²) < 4.78 is 10.1. The summed E-state index contributed by atoms with van der Waals surface area (Å²) in [4.78, 5) is 37.3. The van der Waals surface area contributed by atoms with Crippen LogP contribution in [0.15, 0.2) is 53.4 Å². The number of thioether (sulfide) groups is 1. The molecular formula is C22H24N2O5S. The van der Waals surface area contributed by atoms with E-state index in [1.165, 1.54) is 18.9 Å². The molecule has 1 aliphatic rings. The van der Waals surface area contributed by atoms with Crippen LogP contribution in [0.1, 0.15) is 30.1 Å². The van der Waals surface area contributed by atoms with Crippen molar-refractivity contribution < 1.29 is 23.9 Å². The van der Waals surface area contributed by atoms with Crippen LogP contribution in [0.25, 0.3) is 0 Å². The number of hydrogen-bond acceptors (Lipinski definition) is 6. The zero-order chi connectivity index (χ0) is 21.5. The van der Waals surface area contributed by atoms with Gasteiger partial charge >= 0.3 is 5.97 Å². The second kappa shape index (κ2) is 10.3. The Hall–Kier alpha value is -2.84. The number of amides is 2. The molecule has 0 bridgehead atoms. The molecule has 0 aliphatic carbocycles. The van der Waals surface area contributed by atoms with Gasteiger partial charge in [0, 0.05) is 22.9 Å². The van der Waals surface area contributed by atoms with E-state index in [0.29, 0.717) is 28.4 Å². The van der Waals surface area contributed by atoms with Crippen LogP contribution in [0.5, 0.6) is 0 Å². The molecule has 0 unspecified atom stereocenters. The van der Waals surface area contributed by atoms with Crippen molar-refractivity contribution in [2.24, 2.45) is 0 Å². The predicted molar refractivity (Wildman–Crippen MR) is 116 cm³/mol. The van der Waals surface area contributed by atoms with Gasteiger partial charge in [-0.25, -0.2) is 0 Å². The maximum absolute atomic E-state index is 12.8. The van der Waals surface area contributed by atoms with E-state index in [-0.39, 0.29) is 17.8 Å². The first-order valence-corrected chi connectivity index (χ1v) is 10.5. The van der Waals surface area contributed by atoms with Crippen molar-refractivity contribution in [2.45, 2.75) is 36.0 Å². The molecule has 1 aliphatic heterocycles. The van der Waals surface area contributed by atoms with Gasteiger partial charge < -0.3 is 20.1 Å². The summed E-state index contributed by atoms with van der Waals surface area (Å²) in [7, 11) is 1.34. The van der Waals surface area contributed by atoms with E-state index < -0.39 is 11.4 Å². The average molecular weight is 429 g/mol. The summed E-state index contributed by atoms with van der Waals surface area (Å²) in [5.74, 6) is -0.794. The summed E-state index contributed by atoms with van der Waals surface area (Å²) in [5.41, 5.74) is 1.70. The molecule has 0 aromatic heterocycles. The third kappa shape index (κ3) is 5.61. The lowest BCUT2D eigenvalue weighted by Gasteiger charge is -2.13. The minimum Gasteiger partial charge on any atom is -0.468 e. The number of methoxy groups -OCH3 is 1. The average Bonchev–Trinajstić information content (AvgIpc) is 3.30. The van der Waals surface area contributed by atoms with Gasteiger partial charge in [-0.1, -0.05) is 12.1 Å². The molecule has 2 atom stereocenters. The molecule has 158 valence electrons. The van der Waals surface area contributed by atoms with Gasteiger partial charge in [0.1, 0.15) is 11.4 Å². The molecule has 0 spiro atoms. The highest BCUT2D eigenvalue weighted by molar-refractivity contribution is 8.00. The summed E-state index contributed by atoms with van der Waals surface area (Å²) in [6.07, 6.45) is 1.22. The Morgan fingerprint density at radius 2 is 1.73 bits per heavy atom. The largest absolute Gasteiger partial charge is 0.468 e. The van der Waals surface area contributed by atoms with Crippen LogP contribution in [0, 0.1) is 0 Å². The van der Waals surface area contributed by atoms with Gasteiger partial charge in [-0.05, 0) is 56.2 Å². The first-order valence-electron chi connectivity index (χ1n) is 9.65. The van der Waals surface area contributed by atoms with Crippen molar-refractivity contribution in [1.29, 1.82) is 0 Å². The predicted octanol–water partition coefficient (Wildman–Crippen LogP) is 3.71. The highest BCUT2D eigenvalue weighted by Crippen LogP contribution is 2.28. The lowest BCUT2D eigenvalue weighted by atomic mass is 10.2. The van der Waals surface area contributed by atoms with Gasteiger partial charge in [0.15, 0.2) is 0 Å². The minimum absolute atomic E-state index is 0.157. The Bertz CT molecular complexity index is 910. The zero-order valence-corrected chi connectivity index (χ0v) is 17.7. The SMILES string of the molecule is COC(=O)[C@@H](C)Sc1ccccc1C(=O)Nc1ccc(NC(=O)[C@H]2CCCO2)cc1. The van der Waals surface area contributed by atoms with E-state index in [1.54, 1.807) is 49.4 Å². The number of hydrogen-bond donors (Lipinski definition) is 2. The normalized spacial score (nSPS) is 16.5. The van der Waals surface area contributed by atoms with Crippen LogP contribution < -0.4 is 10.6 Å². The molecule has 0 radical (unpaired) electrons. The van der Waals surface area contributed by atoms with Gasteiger partial charge in [0.05, 0.1) is 12.7 Å². The number of anilines is 2. The van der Waals surface area contributed by atoms with Crippen molar-refractivity contribution in [3.63, 3.8) is 0 Å². The van der Waals surface area contributed by atoms with E-state index in [2.05, 4.69) is 10.6 Å². The quantitative estimate of drug-likeness (QED) is 0.516. The first-order chi connectivity index (χ1) is 14.5. The zero-order valence-electron chi connectivity index (χ0n) is 16.8. The summed E-state index contributed by atoms with van der Waals surface area (Å²) >= 11 is 1.27. The summed E-state index contributed by atoms with van der Waals surface area (Å²) in [6, 6.07) is 14.0. The molecular weight excluding hydrogens is 404 g/mol. The number of ether oxygens (including phenoxy) is 2. The number of benzene rings is 2. The van der Waals surface area contributed by atoms with Crippen LogP contribution in [0.3, 0.4) is 0 Å². The van der Waals surface area contributed by atoms with Gasteiger partial charge in [0.2, 0.25) is 0 Å². The van der Waals surface area contributed by atoms with E-state index in [9.17, 15) is 14.4 Å². The number of carbonyl (C=O) groups is 3. The number of esters is 1. The molecule has 8 heteroatoms. The molecule has 2 amide bonds. The molecule has 2 aromatic carbocycles. The first kappa shape index (κ1) is 21.9. The van der Waals surface area contributed by atoms with Crippen LogP contribution in [-0.4, -0.2) is 42.9 Å². The molecule has 30 heavy (non-hydrogen) atoms. The lowest BCUT2D eigenvalue weighted by Crippen LogP contribution is -2.26. The highest BCUT2D eigenvalue weighted by Gasteiger charge is 2.23.